The van der Waals surface area contributed by atoms with Crippen molar-refractivity contribution in [1.82, 2.24) is 14.6 Å². The summed E-state index contributed by atoms with van der Waals surface area (Å²) in [7, 11) is 0. The van der Waals surface area contributed by atoms with Crippen LogP contribution in [0.5, 0.6) is 0 Å². The van der Waals surface area contributed by atoms with Gasteiger partial charge in [-0.25, -0.2) is 14.3 Å². The Kier molecular flexibility index (Phi) is 6.49. The first kappa shape index (κ1) is 24.9. The number of alkyl halides is 3. The van der Waals surface area contributed by atoms with Gasteiger partial charge in [0.15, 0.2) is 17.0 Å². The molecule has 0 saturated carbocycles. The van der Waals surface area contributed by atoms with E-state index in [2.05, 4.69) is 15.4 Å². The van der Waals surface area contributed by atoms with E-state index in [9.17, 15) is 22.8 Å². The van der Waals surface area contributed by atoms with Gasteiger partial charge in [0.1, 0.15) is 5.00 Å². The van der Waals surface area contributed by atoms with Crippen molar-refractivity contribution in [2.75, 3.05) is 5.32 Å². The number of rotatable bonds is 5. The number of hydrogen-bond acceptors (Lipinski definition) is 6. The molecule has 0 saturated heterocycles. The molecule has 4 aromatic rings. The molecule has 0 aliphatic heterocycles. The number of fused-ring (bicyclic) bond motifs is 2. The van der Waals surface area contributed by atoms with E-state index < -0.39 is 23.7 Å². The highest BCUT2D eigenvalue weighted by Crippen LogP contribution is 2.39. The lowest BCUT2D eigenvalue weighted by molar-refractivity contribution is -0.142. The number of carbonyl (C=O) groups is 2. The van der Waals surface area contributed by atoms with E-state index in [4.69, 9.17) is 4.74 Å². The highest BCUT2D eigenvalue weighted by atomic mass is 32.1. The second-order valence-corrected chi connectivity index (χ2v) is 10.1. The summed E-state index contributed by atoms with van der Waals surface area (Å²) in [5, 5.41) is 6.94. The van der Waals surface area contributed by atoms with Crippen molar-refractivity contribution in [3.63, 3.8) is 0 Å². The van der Waals surface area contributed by atoms with Crippen LogP contribution in [-0.4, -0.2) is 32.6 Å². The van der Waals surface area contributed by atoms with Crippen LogP contribution >= 0.6 is 11.3 Å². The first-order valence-electron chi connectivity index (χ1n) is 11.8. The van der Waals surface area contributed by atoms with Crippen molar-refractivity contribution in [1.29, 1.82) is 0 Å². The van der Waals surface area contributed by atoms with Gasteiger partial charge in [-0.15, -0.1) is 11.3 Å². The topological polar surface area (TPSA) is 85.6 Å². The lowest BCUT2D eigenvalue weighted by atomic mass is 9.95. The fourth-order valence-electron chi connectivity index (χ4n) is 4.35. The standard InChI is InChI=1S/C26H23F3N4O3S/c1-14(2)36-25(35)22-16-10-6-7-11-19(16)37-24(22)31-23(34)18-13-21-30-17(15-8-4-3-5-9-15)12-20(26(27,28)29)33(21)32-18/h3-5,8-9,12-14H,6-7,10-11H2,1-2H3,(H,31,34). The number of aromatic nitrogens is 3. The molecule has 0 fully saturated rings. The van der Waals surface area contributed by atoms with E-state index in [0.29, 0.717) is 27.1 Å². The average molecular weight is 529 g/mol. The summed E-state index contributed by atoms with van der Waals surface area (Å²) in [6.07, 6.45) is -1.71. The SMILES string of the molecule is CC(C)OC(=O)c1c(NC(=O)c2cc3nc(-c4ccccc4)cc(C(F)(F)F)n3n2)sc2c1CCCC2. The second-order valence-electron chi connectivity index (χ2n) is 9.01. The van der Waals surface area contributed by atoms with E-state index in [1.54, 1.807) is 44.2 Å². The molecule has 1 aliphatic rings. The van der Waals surface area contributed by atoms with Gasteiger partial charge in [0.2, 0.25) is 0 Å². The van der Waals surface area contributed by atoms with Crippen LogP contribution in [0.1, 0.15) is 63.7 Å². The Hall–Kier alpha value is -3.73. The summed E-state index contributed by atoms with van der Waals surface area (Å²) in [4.78, 5) is 31.4. The van der Waals surface area contributed by atoms with Gasteiger partial charge in [-0.05, 0) is 51.2 Å². The smallest absolute Gasteiger partial charge is 0.433 e. The number of carbonyl (C=O) groups excluding carboxylic acids is 2. The minimum atomic E-state index is -4.73. The molecule has 0 atom stereocenters. The van der Waals surface area contributed by atoms with E-state index in [1.807, 2.05) is 0 Å². The Bertz CT molecular complexity index is 1490. The van der Waals surface area contributed by atoms with Crippen LogP contribution in [0.4, 0.5) is 18.2 Å². The molecular weight excluding hydrogens is 505 g/mol. The predicted molar refractivity (Wildman–Crippen MR) is 133 cm³/mol. The summed E-state index contributed by atoms with van der Waals surface area (Å²) >= 11 is 1.29. The largest absolute Gasteiger partial charge is 0.459 e. The lowest BCUT2D eigenvalue weighted by Crippen LogP contribution is -2.18. The molecule has 37 heavy (non-hydrogen) atoms. The van der Waals surface area contributed by atoms with Crippen molar-refractivity contribution in [3.05, 3.63) is 69.9 Å². The van der Waals surface area contributed by atoms with Gasteiger partial charge in [-0.3, -0.25) is 4.79 Å². The molecule has 1 aromatic carbocycles. The molecule has 1 aliphatic carbocycles. The highest BCUT2D eigenvalue weighted by Gasteiger charge is 2.36. The third kappa shape index (κ3) is 4.95. The maximum atomic E-state index is 13.9. The Morgan fingerprint density at radius 3 is 2.54 bits per heavy atom. The Morgan fingerprint density at radius 1 is 1.11 bits per heavy atom. The third-order valence-corrected chi connectivity index (χ3v) is 7.17. The predicted octanol–water partition coefficient (Wildman–Crippen LogP) is 6.17. The Labute approximate surface area is 214 Å². The van der Waals surface area contributed by atoms with Gasteiger partial charge >= 0.3 is 12.1 Å². The number of halogens is 3. The van der Waals surface area contributed by atoms with Crippen LogP contribution in [0.25, 0.3) is 16.9 Å². The molecule has 0 radical (unpaired) electrons. The molecule has 0 bridgehead atoms. The van der Waals surface area contributed by atoms with E-state index >= 15 is 0 Å². The molecule has 3 aromatic heterocycles. The van der Waals surface area contributed by atoms with Crippen molar-refractivity contribution in [2.45, 2.75) is 51.8 Å². The molecule has 7 nitrogen and oxygen atoms in total. The number of benzene rings is 1. The zero-order valence-electron chi connectivity index (χ0n) is 20.1. The van der Waals surface area contributed by atoms with Gasteiger partial charge in [0.25, 0.3) is 5.91 Å². The van der Waals surface area contributed by atoms with Crippen LogP contribution < -0.4 is 5.32 Å². The van der Waals surface area contributed by atoms with Gasteiger partial charge < -0.3 is 10.1 Å². The Balaban J connectivity index is 1.54. The molecule has 0 spiro atoms. The number of nitrogens with zero attached hydrogens (tertiary/aromatic N) is 3. The number of esters is 1. The molecule has 3 heterocycles. The maximum Gasteiger partial charge on any atom is 0.433 e. The van der Waals surface area contributed by atoms with Gasteiger partial charge in [-0.2, -0.15) is 18.3 Å². The fourth-order valence-corrected chi connectivity index (χ4v) is 5.63. The molecule has 1 amide bonds. The second kappa shape index (κ2) is 9.62. The molecular formula is C26H23F3N4O3S. The Morgan fingerprint density at radius 2 is 1.84 bits per heavy atom. The summed E-state index contributed by atoms with van der Waals surface area (Å²) in [5.74, 6) is -1.27. The van der Waals surface area contributed by atoms with Gasteiger partial charge in [0.05, 0.1) is 17.4 Å². The van der Waals surface area contributed by atoms with E-state index in [1.165, 1.54) is 17.4 Å². The van der Waals surface area contributed by atoms with Crippen LogP contribution in [0.15, 0.2) is 42.5 Å². The van der Waals surface area contributed by atoms with Gasteiger partial charge in [0, 0.05) is 16.5 Å². The summed E-state index contributed by atoms with van der Waals surface area (Å²) in [5.41, 5.74) is 0.355. The zero-order valence-corrected chi connectivity index (χ0v) is 20.9. The number of thiophene rings is 1. The van der Waals surface area contributed by atoms with Crippen LogP contribution in [0.2, 0.25) is 0 Å². The molecule has 11 heteroatoms. The third-order valence-electron chi connectivity index (χ3n) is 5.97. The number of aryl methyl sites for hydroxylation is 1. The normalized spacial score (nSPS) is 13.6. The average Bonchev–Trinajstić information content (AvgIpc) is 3.44. The van der Waals surface area contributed by atoms with E-state index in [0.717, 1.165) is 35.8 Å². The van der Waals surface area contributed by atoms with Gasteiger partial charge in [-0.1, -0.05) is 30.3 Å². The lowest BCUT2D eigenvalue weighted by Gasteiger charge is -2.14. The van der Waals surface area contributed by atoms with E-state index in [-0.39, 0.29) is 23.1 Å². The number of amides is 1. The number of ether oxygens (including phenoxy) is 1. The van der Waals surface area contributed by atoms with Crippen molar-refractivity contribution < 1.29 is 27.5 Å². The molecule has 5 rings (SSSR count). The zero-order chi connectivity index (χ0) is 26.3. The van der Waals surface area contributed by atoms with Crippen molar-refractivity contribution in [2.24, 2.45) is 0 Å². The number of anilines is 1. The summed E-state index contributed by atoms with van der Waals surface area (Å²) in [6.45, 7) is 3.47. The highest BCUT2D eigenvalue weighted by molar-refractivity contribution is 7.17. The minimum Gasteiger partial charge on any atom is -0.459 e. The summed E-state index contributed by atoms with van der Waals surface area (Å²) < 4.78 is 47.8. The van der Waals surface area contributed by atoms with Crippen molar-refractivity contribution >= 4 is 33.9 Å². The molecule has 192 valence electrons. The molecule has 0 unspecified atom stereocenters. The molecule has 1 N–H and O–H groups in total. The first-order chi connectivity index (χ1) is 17.6. The maximum absolute atomic E-state index is 13.9. The number of hydrogen-bond donors (Lipinski definition) is 1. The fraction of sp³-hybridized carbons (Fsp3) is 0.308. The minimum absolute atomic E-state index is 0.108. The number of nitrogens with one attached hydrogen (secondary N) is 1. The van der Waals surface area contributed by atoms with Crippen molar-refractivity contribution in [3.8, 4) is 11.3 Å². The first-order valence-corrected chi connectivity index (χ1v) is 12.6. The monoisotopic (exact) mass is 528 g/mol. The summed E-state index contributed by atoms with van der Waals surface area (Å²) in [6, 6.07) is 10.6. The van der Waals surface area contributed by atoms with Crippen LogP contribution in [-0.2, 0) is 23.8 Å². The van der Waals surface area contributed by atoms with Crippen LogP contribution in [0, 0.1) is 0 Å². The quantitative estimate of drug-likeness (QED) is 0.313. The van der Waals surface area contributed by atoms with Crippen LogP contribution in [0.3, 0.4) is 0 Å².